The molecule has 0 spiro atoms. The van der Waals surface area contributed by atoms with Crippen molar-refractivity contribution in [3.05, 3.63) is 53.9 Å². The van der Waals surface area contributed by atoms with Gasteiger partial charge in [-0.25, -0.2) is 8.42 Å². The Hall–Kier alpha value is -1.88. The number of aromatic nitrogens is 1. The SMILES string of the molecule is Cc1ccncc1NC(C)c1ccc(S(C)(=O)=O)cc1. The highest BCUT2D eigenvalue weighted by molar-refractivity contribution is 7.90. The van der Waals surface area contributed by atoms with Gasteiger partial charge in [0.25, 0.3) is 0 Å². The second-order valence-corrected chi connectivity index (χ2v) is 6.91. The molecule has 0 amide bonds. The van der Waals surface area contributed by atoms with Crippen molar-refractivity contribution in [2.75, 3.05) is 11.6 Å². The van der Waals surface area contributed by atoms with Gasteiger partial charge >= 0.3 is 0 Å². The minimum Gasteiger partial charge on any atom is -0.377 e. The zero-order valence-corrected chi connectivity index (χ0v) is 12.6. The maximum absolute atomic E-state index is 11.4. The summed E-state index contributed by atoms with van der Waals surface area (Å²) in [5.41, 5.74) is 3.13. The average Bonchev–Trinajstić information content (AvgIpc) is 2.40. The fourth-order valence-corrected chi connectivity index (χ4v) is 2.57. The predicted molar refractivity (Wildman–Crippen MR) is 80.6 cm³/mol. The van der Waals surface area contributed by atoms with E-state index in [1.165, 1.54) is 6.26 Å². The van der Waals surface area contributed by atoms with Gasteiger partial charge in [-0.1, -0.05) is 12.1 Å². The molecule has 0 fully saturated rings. The molecule has 1 aromatic heterocycles. The number of nitrogens with zero attached hydrogens (tertiary/aromatic N) is 1. The van der Waals surface area contributed by atoms with Crippen LogP contribution < -0.4 is 5.32 Å². The van der Waals surface area contributed by atoms with E-state index < -0.39 is 9.84 Å². The third-order valence-corrected chi connectivity index (χ3v) is 4.35. The van der Waals surface area contributed by atoms with Crippen LogP contribution in [-0.2, 0) is 9.84 Å². The van der Waals surface area contributed by atoms with Crippen LogP contribution in [0.4, 0.5) is 5.69 Å². The van der Waals surface area contributed by atoms with Crippen LogP contribution in [0.15, 0.2) is 47.6 Å². The number of hydrogen-bond acceptors (Lipinski definition) is 4. The summed E-state index contributed by atoms with van der Waals surface area (Å²) in [5, 5.41) is 3.37. The normalized spacial score (nSPS) is 12.9. The second kappa shape index (κ2) is 5.63. The number of benzene rings is 1. The first-order chi connectivity index (χ1) is 9.38. The molecule has 106 valence electrons. The van der Waals surface area contributed by atoms with Gasteiger partial charge in [-0.3, -0.25) is 4.98 Å². The summed E-state index contributed by atoms with van der Waals surface area (Å²) in [7, 11) is -3.14. The molecule has 2 aromatic rings. The van der Waals surface area contributed by atoms with Crippen LogP contribution in [0.25, 0.3) is 0 Å². The van der Waals surface area contributed by atoms with Crippen LogP contribution in [0.1, 0.15) is 24.1 Å². The van der Waals surface area contributed by atoms with E-state index in [4.69, 9.17) is 0 Å². The molecule has 1 aromatic carbocycles. The molecule has 0 aliphatic carbocycles. The van der Waals surface area contributed by atoms with Gasteiger partial charge in [-0.2, -0.15) is 0 Å². The highest BCUT2D eigenvalue weighted by atomic mass is 32.2. The van der Waals surface area contributed by atoms with Gasteiger partial charge < -0.3 is 5.32 Å². The van der Waals surface area contributed by atoms with Crippen LogP contribution in [0.2, 0.25) is 0 Å². The molecule has 20 heavy (non-hydrogen) atoms. The van der Waals surface area contributed by atoms with Crippen molar-refractivity contribution >= 4 is 15.5 Å². The molecule has 0 saturated heterocycles. The minimum atomic E-state index is -3.14. The van der Waals surface area contributed by atoms with Gasteiger partial charge in [0.05, 0.1) is 16.8 Å². The van der Waals surface area contributed by atoms with Gasteiger partial charge in [0, 0.05) is 18.5 Å². The molecule has 1 atom stereocenters. The molecule has 0 aliphatic rings. The molecule has 4 nitrogen and oxygen atoms in total. The quantitative estimate of drug-likeness (QED) is 0.940. The number of aryl methyl sites for hydroxylation is 1. The maximum atomic E-state index is 11.4. The fraction of sp³-hybridized carbons (Fsp3) is 0.267. The van der Waals surface area contributed by atoms with Crippen molar-refractivity contribution in [1.29, 1.82) is 0 Å². The van der Waals surface area contributed by atoms with Crippen molar-refractivity contribution < 1.29 is 8.42 Å². The molecule has 0 saturated carbocycles. The number of nitrogens with one attached hydrogen (secondary N) is 1. The Balaban J connectivity index is 2.18. The number of hydrogen-bond donors (Lipinski definition) is 1. The lowest BCUT2D eigenvalue weighted by Gasteiger charge is -2.17. The van der Waals surface area contributed by atoms with Crippen LogP contribution in [0.3, 0.4) is 0 Å². The molecule has 1 unspecified atom stereocenters. The van der Waals surface area contributed by atoms with Crippen molar-refractivity contribution in [2.24, 2.45) is 0 Å². The number of rotatable bonds is 4. The third-order valence-electron chi connectivity index (χ3n) is 3.22. The standard InChI is InChI=1S/C15H18N2O2S/c1-11-8-9-16-10-15(11)17-12(2)13-4-6-14(7-5-13)20(3,18)19/h4-10,12,17H,1-3H3. The summed E-state index contributed by atoms with van der Waals surface area (Å²) in [6, 6.07) is 8.96. The third kappa shape index (κ3) is 3.36. The first kappa shape index (κ1) is 14.5. The molecule has 2 rings (SSSR count). The highest BCUT2D eigenvalue weighted by Crippen LogP contribution is 2.22. The Morgan fingerprint density at radius 3 is 2.35 bits per heavy atom. The van der Waals surface area contributed by atoms with E-state index in [0.717, 1.165) is 16.8 Å². The van der Waals surface area contributed by atoms with Gasteiger partial charge in [-0.05, 0) is 43.2 Å². The summed E-state index contributed by atoms with van der Waals surface area (Å²) < 4.78 is 22.9. The van der Waals surface area contributed by atoms with Crippen LogP contribution in [-0.4, -0.2) is 19.7 Å². The van der Waals surface area contributed by atoms with E-state index in [9.17, 15) is 8.42 Å². The summed E-state index contributed by atoms with van der Waals surface area (Å²) in [6.07, 6.45) is 4.76. The van der Waals surface area contributed by atoms with Crippen LogP contribution in [0, 0.1) is 6.92 Å². The molecule has 1 N–H and O–H groups in total. The molecule has 0 bridgehead atoms. The largest absolute Gasteiger partial charge is 0.377 e. The van der Waals surface area contributed by atoms with E-state index >= 15 is 0 Å². The monoisotopic (exact) mass is 290 g/mol. The minimum absolute atomic E-state index is 0.0755. The predicted octanol–water partition coefficient (Wildman–Crippen LogP) is 2.97. The van der Waals surface area contributed by atoms with E-state index in [1.807, 2.05) is 32.0 Å². The Morgan fingerprint density at radius 2 is 1.80 bits per heavy atom. The average molecular weight is 290 g/mol. The summed E-state index contributed by atoms with van der Waals surface area (Å²) in [4.78, 5) is 4.44. The number of anilines is 1. The van der Waals surface area contributed by atoms with Crippen LogP contribution >= 0.6 is 0 Å². The van der Waals surface area contributed by atoms with E-state index in [2.05, 4.69) is 10.3 Å². The zero-order chi connectivity index (χ0) is 14.8. The van der Waals surface area contributed by atoms with E-state index in [1.54, 1.807) is 24.5 Å². The molecule has 5 heteroatoms. The van der Waals surface area contributed by atoms with Gasteiger partial charge in [-0.15, -0.1) is 0 Å². The highest BCUT2D eigenvalue weighted by Gasteiger charge is 2.10. The van der Waals surface area contributed by atoms with Crippen molar-refractivity contribution in [3.63, 3.8) is 0 Å². The van der Waals surface area contributed by atoms with Crippen molar-refractivity contribution in [3.8, 4) is 0 Å². The summed E-state index contributed by atoms with van der Waals surface area (Å²) in [6.45, 7) is 4.05. The van der Waals surface area contributed by atoms with Gasteiger partial charge in [0.2, 0.25) is 0 Å². The zero-order valence-electron chi connectivity index (χ0n) is 11.8. The van der Waals surface area contributed by atoms with E-state index in [-0.39, 0.29) is 6.04 Å². The Morgan fingerprint density at radius 1 is 1.15 bits per heavy atom. The van der Waals surface area contributed by atoms with Gasteiger partial charge in [0.15, 0.2) is 9.84 Å². The molecule has 1 heterocycles. The first-order valence-electron chi connectivity index (χ1n) is 6.35. The smallest absolute Gasteiger partial charge is 0.175 e. The van der Waals surface area contributed by atoms with Crippen molar-refractivity contribution in [1.82, 2.24) is 4.98 Å². The molecule has 0 aliphatic heterocycles. The Labute approximate surface area is 119 Å². The molecular weight excluding hydrogens is 272 g/mol. The Bertz CT molecular complexity index is 694. The maximum Gasteiger partial charge on any atom is 0.175 e. The second-order valence-electron chi connectivity index (χ2n) is 4.90. The summed E-state index contributed by atoms with van der Waals surface area (Å²) >= 11 is 0. The summed E-state index contributed by atoms with van der Waals surface area (Å²) in [5.74, 6) is 0. The van der Waals surface area contributed by atoms with Gasteiger partial charge in [0.1, 0.15) is 0 Å². The lowest BCUT2D eigenvalue weighted by molar-refractivity contribution is 0.602. The molecular formula is C15H18N2O2S. The number of sulfone groups is 1. The lowest BCUT2D eigenvalue weighted by Crippen LogP contribution is -2.08. The lowest BCUT2D eigenvalue weighted by atomic mass is 10.1. The first-order valence-corrected chi connectivity index (χ1v) is 8.24. The number of pyridine rings is 1. The van der Waals surface area contributed by atoms with Crippen molar-refractivity contribution in [2.45, 2.75) is 24.8 Å². The topological polar surface area (TPSA) is 59.1 Å². The fourth-order valence-electron chi connectivity index (χ4n) is 1.94. The molecule has 0 radical (unpaired) electrons. The van der Waals surface area contributed by atoms with E-state index in [0.29, 0.717) is 4.90 Å². The Kier molecular flexibility index (Phi) is 4.09. The van der Waals surface area contributed by atoms with Crippen LogP contribution in [0.5, 0.6) is 0 Å².